The molecular weight excluding hydrogens is 545 g/mol. The van der Waals surface area contributed by atoms with Gasteiger partial charge in [0, 0.05) is 21.9 Å². The minimum Gasteiger partial charge on any atom is -0.494 e. The third-order valence-corrected chi connectivity index (χ3v) is 6.30. The maximum Gasteiger partial charge on any atom is 0.336 e. The van der Waals surface area contributed by atoms with Crippen molar-refractivity contribution in [3.05, 3.63) is 75.3 Å². The highest BCUT2D eigenvalue weighted by Gasteiger charge is 2.38. The number of aryl methyl sites for hydroxylation is 1. The number of aromatic nitrogens is 1. The molecule has 1 aromatic heterocycles. The second-order valence-electron chi connectivity index (χ2n) is 8.21. The second-order valence-corrected chi connectivity index (χ2v) is 9.13. The predicted octanol–water partition coefficient (Wildman–Crippen LogP) is 5.46. The number of rotatable bonds is 7. The van der Waals surface area contributed by atoms with Crippen LogP contribution in [0.5, 0.6) is 11.5 Å². The lowest BCUT2D eigenvalue weighted by Gasteiger charge is -2.28. The van der Waals surface area contributed by atoms with Crippen LogP contribution in [0, 0.1) is 19.7 Å². The first-order valence-electron chi connectivity index (χ1n) is 11.6. The van der Waals surface area contributed by atoms with Crippen LogP contribution in [0.2, 0.25) is 0 Å². The smallest absolute Gasteiger partial charge is 0.336 e. The molecule has 0 atom stereocenters. The van der Waals surface area contributed by atoms with Crippen LogP contribution in [0.15, 0.2) is 52.5 Å². The van der Waals surface area contributed by atoms with Gasteiger partial charge in [-0.25, -0.2) is 14.1 Å². The molecule has 1 fully saturated rings. The van der Waals surface area contributed by atoms with Crippen LogP contribution < -0.4 is 19.7 Å². The summed E-state index contributed by atoms with van der Waals surface area (Å²) in [4.78, 5) is 40.0. The molecule has 1 N–H and O–H groups in total. The molecule has 1 saturated heterocycles. The predicted molar refractivity (Wildman–Crippen MR) is 141 cm³/mol. The molecule has 8 nitrogen and oxygen atoms in total. The van der Waals surface area contributed by atoms with Crippen molar-refractivity contribution in [3.63, 3.8) is 0 Å². The summed E-state index contributed by atoms with van der Waals surface area (Å²) in [6.45, 7) is 7.81. The summed E-state index contributed by atoms with van der Waals surface area (Å²) in [7, 11) is 0. The third-order valence-electron chi connectivity index (χ3n) is 5.80. The van der Waals surface area contributed by atoms with Crippen molar-refractivity contribution in [2.75, 3.05) is 18.1 Å². The monoisotopic (exact) mass is 569 g/mol. The molecule has 0 bridgehead atoms. The van der Waals surface area contributed by atoms with Crippen LogP contribution in [0.4, 0.5) is 14.9 Å². The average Bonchev–Trinajstić information content (AvgIpc) is 3.11. The van der Waals surface area contributed by atoms with Gasteiger partial charge in [0.25, 0.3) is 11.8 Å². The number of carbonyl (C=O) groups is 3. The molecule has 0 saturated carbocycles. The van der Waals surface area contributed by atoms with Gasteiger partial charge in [0.2, 0.25) is 0 Å². The van der Waals surface area contributed by atoms with Gasteiger partial charge in [-0.05, 0) is 75.7 Å². The molecule has 37 heavy (non-hydrogen) atoms. The number of nitrogens with zero attached hydrogens (tertiary/aromatic N) is 2. The number of amides is 4. The summed E-state index contributed by atoms with van der Waals surface area (Å²) < 4.78 is 28.2. The van der Waals surface area contributed by atoms with Crippen LogP contribution in [-0.4, -0.2) is 35.6 Å². The van der Waals surface area contributed by atoms with E-state index in [1.807, 2.05) is 6.92 Å². The Morgan fingerprint density at radius 3 is 2.38 bits per heavy atom. The fourth-order valence-corrected chi connectivity index (χ4v) is 4.54. The first kappa shape index (κ1) is 26.2. The number of hydrogen-bond acceptors (Lipinski definition) is 5. The molecule has 4 rings (SSSR count). The number of halogens is 2. The number of carbonyl (C=O) groups excluding carboxylic acids is 3. The lowest BCUT2D eigenvalue weighted by atomic mass is 10.1. The largest absolute Gasteiger partial charge is 0.494 e. The van der Waals surface area contributed by atoms with Gasteiger partial charge in [-0.3, -0.25) is 14.9 Å². The highest BCUT2D eigenvalue weighted by molar-refractivity contribution is 9.10. The van der Waals surface area contributed by atoms with Gasteiger partial charge in [-0.2, -0.15) is 0 Å². The number of nitrogens with one attached hydrogen (secondary N) is 1. The van der Waals surface area contributed by atoms with Gasteiger partial charge in [-0.15, -0.1) is 0 Å². The Balaban J connectivity index is 1.79. The van der Waals surface area contributed by atoms with Crippen molar-refractivity contribution >= 4 is 45.5 Å². The Kier molecular flexibility index (Phi) is 7.49. The van der Waals surface area contributed by atoms with Gasteiger partial charge >= 0.3 is 6.03 Å². The van der Waals surface area contributed by atoms with Crippen LogP contribution in [-0.2, 0) is 9.59 Å². The molecular formula is C27H25BrFN3O5. The third kappa shape index (κ3) is 5.01. The summed E-state index contributed by atoms with van der Waals surface area (Å²) in [5.41, 5.74) is 2.07. The van der Waals surface area contributed by atoms with Gasteiger partial charge in [0.15, 0.2) is 0 Å². The van der Waals surface area contributed by atoms with E-state index in [-0.39, 0.29) is 17.0 Å². The fourth-order valence-electron chi connectivity index (χ4n) is 4.20. The van der Waals surface area contributed by atoms with Crippen molar-refractivity contribution < 1.29 is 28.2 Å². The lowest BCUT2D eigenvalue weighted by molar-refractivity contribution is -0.122. The first-order chi connectivity index (χ1) is 17.7. The normalized spacial score (nSPS) is 14.8. The van der Waals surface area contributed by atoms with Crippen LogP contribution in [0.1, 0.15) is 30.8 Å². The average molecular weight is 570 g/mol. The number of urea groups is 1. The maximum absolute atomic E-state index is 14.7. The van der Waals surface area contributed by atoms with Crippen LogP contribution in [0.25, 0.3) is 11.8 Å². The van der Waals surface area contributed by atoms with Crippen molar-refractivity contribution in [2.45, 2.75) is 27.7 Å². The fraction of sp³-hybridized carbons (Fsp3) is 0.222. The lowest BCUT2D eigenvalue weighted by Crippen LogP contribution is -2.54. The topological polar surface area (TPSA) is 89.9 Å². The highest BCUT2D eigenvalue weighted by Crippen LogP contribution is 2.35. The Morgan fingerprint density at radius 1 is 0.973 bits per heavy atom. The molecule has 1 aliphatic rings. The van der Waals surface area contributed by atoms with E-state index in [1.165, 1.54) is 18.2 Å². The summed E-state index contributed by atoms with van der Waals surface area (Å²) in [5.74, 6) is -1.36. The number of benzene rings is 2. The van der Waals surface area contributed by atoms with E-state index in [0.29, 0.717) is 46.1 Å². The van der Waals surface area contributed by atoms with Crippen molar-refractivity contribution in [1.82, 2.24) is 9.88 Å². The molecule has 0 radical (unpaired) electrons. The summed E-state index contributed by atoms with van der Waals surface area (Å²) in [5, 5.41) is 2.23. The second kappa shape index (κ2) is 10.6. The summed E-state index contributed by atoms with van der Waals surface area (Å²) in [6.07, 6.45) is 1.40. The van der Waals surface area contributed by atoms with E-state index in [2.05, 4.69) is 21.2 Å². The minimum absolute atomic E-state index is 0.149. The zero-order valence-corrected chi connectivity index (χ0v) is 22.3. The Labute approximate surface area is 221 Å². The molecule has 3 aromatic rings. The molecule has 192 valence electrons. The van der Waals surface area contributed by atoms with Gasteiger partial charge in [0.05, 0.1) is 24.6 Å². The number of imide groups is 2. The van der Waals surface area contributed by atoms with Crippen LogP contribution in [0.3, 0.4) is 0 Å². The Bertz CT molecular complexity index is 1450. The van der Waals surface area contributed by atoms with Gasteiger partial charge in [0.1, 0.15) is 22.9 Å². The SMILES string of the molecule is CCOc1ccc(OCC)c(N2C(=O)NC(=O)/C(=C\c3cc(C)n(-c4ccc(Br)cc4F)c3C)C2=O)c1. The van der Waals surface area contributed by atoms with Crippen molar-refractivity contribution in [3.8, 4) is 17.2 Å². The standard InChI is InChI=1S/C27H25BrFN3O5/c1-5-36-19-8-10-24(37-6-2)23(14-19)32-26(34)20(25(33)30-27(32)35)12-17-11-15(3)31(16(17)4)22-9-7-18(28)13-21(22)29/h7-14H,5-6H2,1-4H3,(H,30,33,35)/b20-12+. The highest BCUT2D eigenvalue weighted by atomic mass is 79.9. The van der Waals surface area contributed by atoms with Gasteiger partial charge < -0.3 is 14.0 Å². The molecule has 10 heteroatoms. The van der Waals surface area contributed by atoms with E-state index in [1.54, 1.807) is 55.7 Å². The van der Waals surface area contributed by atoms with Crippen LogP contribution >= 0.6 is 15.9 Å². The number of anilines is 1. The molecule has 2 aromatic carbocycles. The first-order valence-corrected chi connectivity index (χ1v) is 12.4. The number of hydrogen-bond donors (Lipinski definition) is 1. The quantitative estimate of drug-likeness (QED) is 0.301. The maximum atomic E-state index is 14.7. The zero-order chi connectivity index (χ0) is 26.9. The minimum atomic E-state index is -0.899. The molecule has 2 heterocycles. The molecule has 0 spiro atoms. The van der Waals surface area contributed by atoms with E-state index < -0.39 is 23.7 Å². The van der Waals surface area contributed by atoms with E-state index in [0.717, 1.165) is 4.90 Å². The number of barbiturate groups is 1. The van der Waals surface area contributed by atoms with Crippen molar-refractivity contribution in [1.29, 1.82) is 0 Å². The van der Waals surface area contributed by atoms with E-state index >= 15 is 0 Å². The Morgan fingerprint density at radius 2 is 1.70 bits per heavy atom. The molecule has 1 aliphatic heterocycles. The zero-order valence-electron chi connectivity index (χ0n) is 20.7. The molecule has 0 unspecified atom stereocenters. The summed E-state index contributed by atoms with van der Waals surface area (Å²) in [6, 6.07) is 10.4. The summed E-state index contributed by atoms with van der Waals surface area (Å²) >= 11 is 3.26. The molecule has 4 amide bonds. The van der Waals surface area contributed by atoms with Gasteiger partial charge in [-0.1, -0.05) is 15.9 Å². The van der Waals surface area contributed by atoms with E-state index in [4.69, 9.17) is 9.47 Å². The van der Waals surface area contributed by atoms with E-state index in [9.17, 15) is 18.8 Å². The van der Waals surface area contributed by atoms with Crippen molar-refractivity contribution in [2.24, 2.45) is 0 Å². The Hall–Kier alpha value is -3.92. The molecule has 0 aliphatic carbocycles. The number of ether oxygens (including phenoxy) is 2.